The summed E-state index contributed by atoms with van der Waals surface area (Å²) < 4.78 is 10.3. The van der Waals surface area contributed by atoms with Crippen molar-refractivity contribution in [1.29, 1.82) is 0 Å². The highest BCUT2D eigenvalue weighted by atomic mass is 127. The molecule has 0 saturated heterocycles. The van der Waals surface area contributed by atoms with E-state index in [9.17, 15) is 0 Å². The van der Waals surface area contributed by atoms with Gasteiger partial charge in [-0.15, -0.1) is 24.0 Å². The molecular weight excluding hydrogens is 381 g/mol. The number of nitrogens with one attached hydrogen (secondary N) is 2. The van der Waals surface area contributed by atoms with E-state index in [1.165, 1.54) is 6.42 Å². The molecule has 1 atom stereocenters. The number of nitrogens with zero attached hydrogens (tertiary/aromatic N) is 1. The van der Waals surface area contributed by atoms with Crippen LogP contribution in [0.5, 0.6) is 0 Å². The summed E-state index contributed by atoms with van der Waals surface area (Å²) in [5.41, 5.74) is 0. The Hall–Kier alpha value is -0.0800. The van der Waals surface area contributed by atoms with E-state index in [4.69, 9.17) is 9.47 Å². The molecule has 0 saturated carbocycles. The molecule has 1 unspecified atom stereocenters. The van der Waals surface area contributed by atoms with Gasteiger partial charge in [0.15, 0.2) is 5.96 Å². The van der Waals surface area contributed by atoms with Crippen LogP contribution < -0.4 is 10.6 Å². The summed E-state index contributed by atoms with van der Waals surface area (Å²) in [4.78, 5) is 4.51. The van der Waals surface area contributed by atoms with Crippen LogP contribution in [0.2, 0.25) is 0 Å². The zero-order chi connectivity index (χ0) is 15.2. The number of ether oxygens (including phenoxy) is 2. The Morgan fingerprint density at radius 2 is 1.81 bits per heavy atom. The first-order chi connectivity index (χ1) is 9.60. The first-order valence-electron chi connectivity index (χ1n) is 7.71. The normalized spacial score (nSPS) is 13.0. The summed E-state index contributed by atoms with van der Waals surface area (Å²) in [5, 5.41) is 6.70. The molecule has 21 heavy (non-hydrogen) atoms. The van der Waals surface area contributed by atoms with Crippen molar-refractivity contribution < 1.29 is 9.47 Å². The Morgan fingerprint density at radius 1 is 1.10 bits per heavy atom. The molecule has 0 radical (unpaired) electrons. The Bertz CT molecular complexity index is 251. The van der Waals surface area contributed by atoms with Gasteiger partial charge in [0.1, 0.15) is 0 Å². The molecule has 0 bridgehead atoms. The number of rotatable bonds is 11. The molecule has 0 amide bonds. The quantitative estimate of drug-likeness (QED) is 0.236. The van der Waals surface area contributed by atoms with Gasteiger partial charge in [0.25, 0.3) is 0 Å². The SMILES string of the molecule is CCNC(=NCCOCCOC)NC(C)CCC(C)C.I. The average Bonchev–Trinajstić information content (AvgIpc) is 2.40. The van der Waals surface area contributed by atoms with Crippen molar-refractivity contribution in [3.8, 4) is 0 Å². The standard InChI is InChI=1S/C15H33N3O2.HI/c1-6-16-15(17-9-10-20-12-11-19-5)18-14(4)8-7-13(2)3;/h13-14H,6-12H2,1-5H3,(H2,16,17,18);1H. The maximum absolute atomic E-state index is 5.40. The molecular formula is C15H34IN3O2. The van der Waals surface area contributed by atoms with Gasteiger partial charge in [-0.1, -0.05) is 13.8 Å². The fraction of sp³-hybridized carbons (Fsp3) is 0.933. The van der Waals surface area contributed by atoms with Crippen LogP contribution in [0, 0.1) is 5.92 Å². The zero-order valence-corrected chi connectivity index (χ0v) is 16.6. The number of aliphatic imine (C=N–C) groups is 1. The van der Waals surface area contributed by atoms with Crippen LogP contribution in [0.3, 0.4) is 0 Å². The van der Waals surface area contributed by atoms with E-state index < -0.39 is 0 Å². The first-order valence-corrected chi connectivity index (χ1v) is 7.71. The average molecular weight is 415 g/mol. The molecule has 0 aromatic rings. The van der Waals surface area contributed by atoms with Crippen LogP contribution in [-0.2, 0) is 9.47 Å². The molecule has 0 aliphatic heterocycles. The summed E-state index contributed by atoms with van der Waals surface area (Å²) in [5.74, 6) is 1.62. The summed E-state index contributed by atoms with van der Waals surface area (Å²) >= 11 is 0. The smallest absolute Gasteiger partial charge is 0.191 e. The Morgan fingerprint density at radius 3 is 2.38 bits per heavy atom. The highest BCUT2D eigenvalue weighted by molar-refractivity contribution is 14.0. The van der Waals surface area contributed by atoms with Gasteiger partial charge < -0.3 is 20.1 Å². The lowest BCUT2D eigenvalue weighted by Crippen LogP contribution is -2.42. The first kappa shape index (κ1) is 23.2. The molecule has 2 N–H and O–H groups in total. The monoisotopic (exact) mass is 415 g/mol. The summed E-state index contributed by atoms with van der Waals surface area (Å²) in [6.07, 6.45) is 2.39. The maximum Gasteiger partial charge on any atom is 0.191 e. The molecule has 128 valence electrons. The van der Waals surface area contributed by atoms with Gasteiger partial charge in [0, 0.05) is 19.7 Å². The number of hydrogen-bond donors (Lipinski definition) is 2. The van der Waals surface area contributed by atoms with Crippen molar-refractivity contribution in [2.45, 2.75) is 46.6 Å². The van der Waals surface area contributed by atoms with E-state index in [-0.39, 0.29) is 24.0 Å². The largest absolute Gasteiger partial charge is 0.382 e. The molecule has 0 aliphatic carbocycles. The maximum atomic E-state index is 5.40. The lowest BCUT2D eigenvalue weighted by Gasteiger charge is -2.18. The predicted octanol–water partition coefficient (Wildman–Crippen LogP) is 2.65. The zero-order valence-electron chi connectivity index (χ0n) is 14.3. The van der Waals surface area contributed by atoms with Gasteiger partial charge >= 0.3 is 0 Å². The lowest BCUT2D eigenvalue weighted by molar-refractivity contribution is 0.0748. The topological polar surface area (TPSA) is 54.9 Å². The minimum atomic E-state index is 0. The van der Waals surface area contributed by atoms with E-state index in [0.29, 0.717) is 32.4 Å². The van der Waals surface area contributed by atoms with Gasteiger partial charge in [-0.25, -0.2) is 0 Å². The molecule has 0 aliphatic rings. The fourth-order valence-electron chi connectivity index (χ4n) is 1.68. The highest BCUT2D eigenvalue weighted by Crippen LogP contribution is 2.06. The molecule has 0 aromatic carbocycles. The molecule has 0 aromatic heterocycles. The van der Waals surface area contributed by atoms with Crippen LogP contribution in [0.1, 0.15) is 40.5 Å². The van der Waals surface area contributed by atoms with Crippen LogP contribution in [0.25, 0.3) is 0 Å². The lowest BCUT2D eigenvalue weighted by atomic mass is 10.0. The Labute approximate surface area is 147 Å². The van der Waals surface area contributed by atoms with Gasteiger partial charge in [0.2, 0.25) is 0 Å². The third-order valence-electron chi connectivity index (χ3n) is 2.84. The van der Waals surface area contributed by atoms with Gasteiger partial charge in [-0.05, 0) is 32.6 Å². The second-order valence-electron chi connectivity index (χ2n) is 5.38. The molecule has 0 rings (SSSR count). The predicted molar refractivity (Wildman–Crippen MR) is 101 cm³/mol. The molecule has 0 spiro atoms. The minimum absolute atomic E-state index is 0. The van der Waals surface area contributed by atoms with E-state index in [1.807, 2.05) is 0 Å². The van der Waals surface area contributed by atoms with Crippen molar-refractivity contribution in [3.63, 3.8) is 0 Å². The molecule has 6 heteroatoms. The summed E-state index contributed by atoms with van der Waals surface area (Å²) in [6.45, 7) is 12.2. The highest BCUT2D eigenvalue weighted by Gasteiger charge is 2.05. The molecule has 5 nitrogen and oxygen atoms in total. The Balaban J connectivity index is 0. The van der Waals surface area contributed by atoms with Crippen LogP contribution in [0.15, 0.2) is 4.99 Å². The van der Waals surface area contributed by atoms with E-state index >= 15 is 0 Å². The van der Waals surface area contributed by atoms with E-state index in [2.05, 4.69) is 43.3 Å². The molecule has 0 fully saturated rings. The summed E-state index contributed by atoms with van der Waals surface area (Å²) in [6, 6.07) is 0.435. The number of hydrogen-bond acceptors (Lipinski definition) is 3. The molecule has 0 heterocycles. The number of guanidine groups is 1. The van der Waals surface area contributed by atoms with Crippen molar-refractivity contribution >= 4 is 29.9 Å². The third kappa shape index (κ3) is 16.1. The van der Waals surface area contributed by atoms with Crippen LogP contribution >= 0.6 is 24.0 Å². The summed E-state index contributed by atoms with van der Waals surface area (Å²) in [7, 11) is 1.67. The van der Waals surface area contributed by atoms with Gasteiger partial charge in [0.05, 0.1) is 26.4 Å². The third-order valence-corrected chi connectivity index (χ3v) is 2.84. The van der Waals surface area contributed by atoms with Crippen molar-refractivity contribution in [2.24, 2.45) is 10.9 Å². The second-order valence-corrected chi connectivity index (χ2v) is 5.38. The van der Waals surface area contributed by atoms with Crippen LogP contribution in [0.4, 0.5) is 0 Å². The van der Waals surface area contributed by atoms with Crippen molar-refractivity contribution in [2.75, 3.05) is 40.0 Å². The van der Waals surface area contributed by atoms with Crippen molar-refractivity contribution in [3.05, 3.63) is 0 Å². The van der Waals surface area contributed by atoms with Crippen LogP contribution in [-0.4, -0.2) is 52.0 Å². The Kier molecular flexibility index (Phi) is 18.0. The van der Waals surface area contributed by atoms with Crippen molar-refractivity contribution in [1.82, 2.24) is 10.6 Å². The second kappa shape index (κ2) is 16.3. The minimum Gasteiger partial charge on any atom is -0.382 e. The van der Waals surface area contributed by atoms with E-state index in [0.717, 1.165) is 24.8 Å². The number of halogens is 1. The number of methoxy groups -OCH3 is 1. The van der Waals surface area contributed by atoms with Gasteiger partial charge in [-0.2, -0.15) is 0 Å². The fourth-order valence-corrected chi connectivity index (χ4v) is 1.68. The van der Waals surface area contributed by atoms with E-state index in [1.54, 1.807) is 7.11 Å². The van der Waals surface area contributed by atoms with Gasteiger partial charge in [-0.3, -0.25) is 4.99 Å².